The lowest BCUT2D eigenvalue weighted by Gasteiger charge is -2.22. The topological polar surface area (TPSA) is 36.4 Å². The molecule has 0 saturated carbocycles. The number of hydrogen-bond acceptors (Lipinski definition) is 5. The minimum atomic E-state index is -0.405. The molecule has 2 unspecified atom stereocenters. The van der Waals surface area contributed by atoms with Crippen molar-refractivity contribution in [3.05, 3.63) is 10.6 Å². The lowest BCUT2D eigenvalue weighted by molar-refractivity contribution is 0.202. The van der Waals surface area contributed by atoms with E-state index >= 15 is 0 Å². The predicted octanol–water partition coefficient (Wildman–Crippen LogP) is 2.45. The van der Waals surface area contributed by atoms with E-state index in [1.54, 1.807) is 18.3 Å². The first kappa shape index (κ1) is 12.2. The van der Waals surface area contributed by atoms with E-state index in [-0.39, 0.29) is 0 Å². The second kappa shape index (κ2) is 4.94. The Morgan fingerprint density at radius 3 is 2.81 bits per heavy atom. The first-order chi connectivity index (χ1) is 7.59. The fourth-order valence-electron chi connectivity index (χ4n) is 1.92. The summed E-state index contributed by atoms with van der Waals surface area (Å²) in [6, 6.07) is 0.609. The van der Waals surface area contributed by atoms with E-state index in [1.165, 1.54) is 17.9 Å². The van der Waals surface area contributed by atoms with Crippen molar-refractivity contribution in [2.24, 2.45) is 0 Å². The zero-order valence-electron chi connectivity index (χ0n) is 9.93. The highest BCUT2D eigenvalue weighted by Gasteiger charge is 2.23. The number of rotatable bonds is 3. The molecule has 16 heavy (non-hydrogen) atoms. The summed E-state index contributed by atoms with van der Waals surface area (Å²) in [5, 5.41) is 10.7. The maximum atomic E-state index is 9.61. The number of thioether (sulfide) groups is 1. The van der Waals surface area contributed by atoms with Crippen molar-refractivity contribution in [1.82, 2.24) is 4.98 Å². The van der Waals surface area contributed by atoms with E-state index in [2.05, 4.69) is 16.9 Å². The fourth-order valence-corrected chi connectivity index (χ4v) is 4.22. The molecular weight excluding hydrogens is 240 g/mol. The van der Waals surface area contributed by atoms with Gasteiger partial charge in [0.2, 0.25) is 0 Å². The molecule has 1 aromatic rings. The number of aromatic nitrogens is 1. The maximum absolute atomic E-state index is 9.61. The maximum Gasteiger partial charge on any atom is 0.185 e. The fraction of sp³-hybridized carbons (Fsp3) is 0.727. The second-order valence-electron chi connectivity index (χ2n) is 4.25. The standard InChI is InChI=1S/C11H18N2OS2/c1-7-10(8(2)14)16-11(12-7)13(3)9-4-5-15-6-9/h8-9,14H,4-6H2,1-3H3. The predicted molar refractivity (Wildman–Crippen MR) is 71.6 cm³/mol. The van der Waals surface area contributed by atoms with Crippen LogP contribution < -0.4 is 4.90 Å². The number of thiazole rings is 1. The van der Waals surface area contributed by atoms with Gasteiger partial charge in [-0.15, -0.1) is 0 Å². The van der Waals surface area contributed by atoms with Crippen LogP contribution in [0.15, 0.2) is 0 Å². The van der Waals surface area contributed by atoms with Crippen LogP contribution in [0.25, 0.3) is 0 Å². The minimum absolute atomic E-state index is 0.405. The summed E-state index contributed by atoms with van der Waals surface area (Å²) in [5.74, 6) is 2.45. The molecule has 1 saturated heterocycles. The first-order valence-electron chi connectivity index (χ1n) is 5.55. The molecule has 2 rings (SSSR count). The van der Waals surface area contributed by atoms with Crippen molar-refractivity contribution in [2.45, 2.75) is 32.4 Å². The summed E-state index contributed by atoms with van der Waals surface area (Å²) in [5.41, 5.74) is 0.965. The third-order valence-electron chi connectivity index (χ3n) is 2.96. The molecule has 2 atom stereocenters. The van der Waals surface area contributed by atoms with Crippen molar-refractivity contribution in [2.75, 3.05) is 23.5 Å². The molecule has 0 spiro atoms. The highest BCUT2D eigenvalue weighted by molar-refractivity contribution is 7.99. The lowest BCUT2D eigenvalue weighted by atomic mass is 10.2. The van der Waals surface area contributed by atoms with E-state index in [9.17, 15) is 5.11 Å². The largest absolute Gasteiger partial charge is 0.388 e. The van der Waals surface area contributed by atoms with Crippen LogP contribution in [-0.2, 0) is 0 Å². The Bertz CT molecular complexity index is 359. The van der Waals surface area contributed by atoms with Crippen LogP contribution in [0.5, 0.6) is 0 Å². The van der Waals surface area contributed by atoms with E-state index in [1.807, 2.05) is 18.7 Å². The van der Waals surface area contributed by atoms with Gasteiger partial charge in [-0.05, 0) is 26.0 Å². The van der Waals surface area contributed by atoms with Crippen LogP contribution in [0.4, 0.5) is 5.13 Å². The van der Waals surface area contributed by atoms with Crippen LogP contribution in [0, 0.1) is 6.92 Å². The Kier molecular flexibility index (Phi) is 3.77. The number of anilines is 1. The van der Waals surface area contributed by atoms with Crippen LogP contribution in [0.2, 0.25) is 0 Å². The van der Waals surface area contributed by atoms with Crippen LogP contribution in [-0.4, -0.2) is 34.7 Å². The number of nitrogens with zero attached hydrogens (tertiary/aromatic N) is 2. The highest BCUT2D eigenvalue weighted by Crippen LogP contribution is 2.33. The molecule has 5 heteroatoms. The van der Waals surface area contributed by atoms with Crippen molar-refractivity contribution < 1.29 is 5.11 Å². The monoisotopic (exact) mass is 258 g/mol. The van der Waals surface area contributed by atoms with Gasteiger partial charge >= 0.3 is 0 Å². The molecular formula is C11H18N2OS2. The van der Waals surface area contributed by atoms with Gasteiger partial charge in [0.25, 0.3) is 0 Å². The third kappa shape index (κ3) is 2.36. The van der Waals surface area contributed by atoms with Crippen molar-refractivity contribution >= 4 is 28.2 Å². The number of hydrogen-bond donors (Lipinski definition) is 1. The average Bonchev–Trinajstić information content (AvgIpc) is 2.84. The Morgan fingerprint density at radius 1 is 1.56 bits per heavy atom. The summed E-state index contributed by atoms with van der Waals surface area (Å²) in [6.45, 7) is 3.77. The van der Waals surface area contributed by atoms with E-state index in [0.29, 0.717) is 6.04 Å². The number of aliphatic hydroxyl groups is 1. The van der Waals surface area contributed by atoms with Gasteiger partial charge in [-0.2, -0.15) is 11.8 Å². The van der Waals surface area contributed by atoms with Crippen LogP contribution in [0.3, 0.4) is 0 Å². The van der Waals surface area contributed by atoms with Gasteiger partial charge in [0.05, 0.1) is 16.7 Å². The zero-order valence-corrected chi connectivity index (χ0v) is 11.6. The molecule has 90 valence electrons. The number of aryl methyl sites for hydroxylation is 1. The van der Waals surface area contributed by atoms with Gasteiger partial charge in [0.15, 0.2) is 5.13 Å². The highest BCUT2D eigenvalue weighted by atomic mass is 32.2. The molecule has 0 aromatic carbocycles. The van der Waals surface area contributed by atoms with Gasteiger partial charge in [0, 0.05) is 18.8 Å². The molecule has 3 nitrogen and oxygen atoms in total. The molecule has 0 radical (unpaired) electrons. The Hall–Kier alpha value is -0.260. The van der Waals surface area contributed by atoms with E-state index in [4.69, 9.17) is 0 Å². The zero-order chi connectivity index (χ0) is 11.7. The third-order valence-corrected chi connectivity index (χ3v) is 5.52. The van der Waals surface area contributed by atoms with E-state index in [0.717, 1.165) is 15.7 Å². The lowest BCUT2D eigenvalue weighted by Crippen LogP contribution is -2.31. The average molecular weight is 258 g/mol. The molecule has 1 N–H and O–H groups in total. The molecule has 0 aliphatic carbocycles. The smallest absolute Gasteiger partial charge is 0.185 e. The normalized spacial score (nSPS) is 22.4. The Balaban J connectivity index is 2.16. The van der Waals surface area contributed by atoms with Crippen LogP contribution in [0.1, 0.15) is 30.0 Å². The van der Waals surface area contributed by atoms with Crippen molar-refractivity contribution in [3.8, 4) is 0 Å². The van der Waals surface area contributed by atoms with Gasteiger partial charge in [0.1, 0.15) is 0 Å². The summed E-state index contributed by atoms with van der Waals surface area (Å²) < 4.78 is 0. The van der Waals surface area contributed by atoms with Gasteiger partial charge in [-0.3, -0.25) is 0 Å². The molecule has 0 amide bonds. The minimum Gasteiger partial charge on any atom is -0.388 e. The van der Waals surface area contributed by atoms with E-state index < -0.39 is 6.10 Å². The summed E-state index contributed by atoms with van der Waals surface area (Å²) in [4.78, 5) is 7.81. The van der Waals surface area contributed by atoms with Crippen LogP contribution >= 0.6 is 23.1 Å². The van der Waals surface area contributed by atoms with Gasteiger partial charge in [-0.1, -0.05) is 11.3 Å². The summed E-state index contributed by atoms with van der Waals surface area (Å²) in [6.07, 6.45) is 0.835. The molecule has 2 heterocycles. The van der Waals surface area contributed by atoms with Crippen molar-refractivity contribution in [1.29, 1.82) is 0 Å². The van der Waals surface area contributed by atoms with Gasteiger partial charge in [-0.25, -0.2) is 4.98 Å². The first-order valence-corrected chi connectivity index (χ1v) is 7.52. The SMILES string of the molecule is Cc1nc(N(C)C2CCSC2)sc1C(C)O. The Labute approximate surface area is 105 Å². The second-order valence-corrected chi connectivity index (χ2v) is 6.41. The summed E-state index contributed by atoms with van der Waals surface area (Å²) in [7, 11) is 2.11. The quantitative estimate of drug-likeness (QED) is 0.903. The van der Waals surface area contributed by atoms with Gasteiger partial charge < -0.3 is 10.0 Å². The molecule has 1 fully saturated rings. The number of aliphatic hydroxyl groups excluding tert-OH is 1. The Morgan fingerprint density at radius 2 is 2.31 bits per heavy atom. The molecule has 1 aliphatic rings. The molecule has 1 aliphatic heterocycles. The molecule has 1 aromatic heterocycles. The molecule has 0 bridgehead atoms. The summed E-state index contributed by atoms with van der Waals surface area (Å²) >= 11 is 3.63. The van der Waals surface area contributed by atoms with Crippen molar-refractivity contribution in [3.63, 3.8) is 0 Å².